The average molecular weight is 312 g/mol. The minimum Gasteiger partial charge on any atom is -0.486 e. The van der Waals surface area contributed by atoms with Gasteiger partial charge in [-0.3, -0.25) is 0 Å². The monoisotopic (exact) mass is 311 g/mol. The maximum atomic E-state index is 11.1. The number of carboxylic acid groups (broad SMARTS) is 1. The summed E-state index contributed by atoms with van der Waals surface area (Å²) in [5.41, 5.74) is 1.07. The lowest BCUT2D eigenvalue weighted by atomic mass is 10.2. The Morgan fingerprint density at radius 3 is 2.85 bits per heavy atom. The Bertz CT molecular complexity index is 625. The summed E-state index contributed by atoms with van der Waals surface area (Å²) in [5.74, 6) is -0.405. The lowest BCUT2D eigenvalue weighted by Crippen LogP contribution is -2.03. The van der Waals surface area contributed by atoms with E-state index in [1.165, 1.54) is 17.4 Å². The number of carbonyl (C=O) groups is 1. The molecule has 0 spiro atoms. The normalized spacial score (nSPS) is 10.8. The van der Waals surface area contributed by atoms with E-state index in [-0.39, 0.29) is 12.2 Å². The van der Waals surface area contributed by atoms with Crippen molar-refractivity contribution in [3.63, 3.8) is 0 Å². The minimum atomic E-state index is -1.07. The molecular formula is C14H14ClNO3S. The summed E-state index contributed by atoms with van der Waals surface area (Å²) in [7, 11) is 0. The largest absolute Gasteiger partial charge is 0.486 e. The number of thiazole rings is 1. The van der Waals surface area contributed by atoms with Crippen LogP contribution in [0.25, 0.3) is 0 Å². The molecule has 0 aliphatic rings. The van der Waals surface area contributed by atoms with Crippen LogP contribution in [0, 0.1) is 0 Å². The highest BCUT2D eigenvalue weighted by molar-refractivity contribution is 7.09. The molecule has 4 nitrogen and oxygen atoms in total. The molecule has 0 unspecified atom stereocenters. The number of ether oxygens (including phenoxy) is 1. The number of aromatic nitrogens is 1. The molecule has 106 valence electrons. The summed E-state index contributed by atoms with van der Waals surface area (Å²) in [4.78, 5) is 15.6. The molecule has 20 heavy (non-hydrogen) atoms. The van der Waals surface area contributed by atoms with Gasteiger partial charge in [0, 0.05) is 10.4 Å². The van der Waals surface area contributed by atoms with Gasteiger partial charge in [-0.1, -0.05) is 25.4 Å². The third kappa shape index (κ3) is 3.49. The Morgan fingerprint density at radius 2 is 2.25 bits per heavy atom. The second kappa shape index (κ2) is 6.24. The van der Waals surface area contributed by atoms with E-state index in [0.717, 1.165) is 10.7 Å². The fourth-order valence-electron chi connectivity index (χ4n) is 1.59. The van der Waals surface area contributed by atoms with Gasteiger partial charge in [0.2, 0.25) is 0 Å². The number of benzene rings is 1. The summed E-state index contributed by atoms with van der Waals surface area (Å²) in [6, 6.07) is 4.54. The second-order valence-electron chi connectivity index (χ2n) is 4.56. The number of carboxylic acids is 1. The fourth-order valence-corrected chi connectivity index (χ4v) is 2.63. The van der Waals surface area contributed by atoms with E-state index in [1.54, 1.807) is 12.1 Å². The molecule has 2 rings (SSSR count). The maximum Gasteiger partial charge on any atom is 0.339 e. The van der Waals surface area contributed by atoms with Gasteiger partial charge in [0.15, 0.2) is 0 Å². The van der Waals surface area contributed by atoms with Crippen molar-refractivity contribution < 1.29 is 14.6 Å². The number of hydrogen-bond donors (Lipinski definition) is 1. The van der Waals surface area contributed by atoms with Gasteiger partial charge in [0.05, 0.1) is 5.69 Å². The Kier molecular flexibility index (Phi) is 4.62. The SMILES string of the molecule is CC(C)c1csc(COc2ccc(Cl)cc2C(=O)O)n1. The van der Waals surface area contributed by atoms with Gasteiger partial charge in [-0.05, 0) is 24.1 Å². The van der Waals surface area contributed by atoms with Crippen LogP contribution < -0.4 is 4.74 Å². The van der Waals surface area contributed by atoms with Crippen molar-refractivity contribution >= 4 is 28.9 Å². The van der Waals surface area contributed by atoms with Crippen molar-refractivity contribution in [1.82, 2.24) is 4.98 Å². The molecule has 0 saturated heterocycles. The van der Waals surface area contributed by atoms with Crippen LogP contribution in [-0.4, -0.2) is 16.1 Å². The number of nitrogens with zero attached hydrogens (tertiary/aromatic N) is 1. The molecule has 0 fully saturated rings. The van der Waals surface area contributed by atoms with Crippen molar-refractivity contribution in [3.8, 4) is 5.75 Å². The summed E-state index contributed by atoms with van der Waals surface area (Å²) in [6.07, 6.45) is 0. The van der Waals surface area contributed by atoms with Crippen LogP contribution in [0.15, 0.2) is 23.6 Å². The minimum absolute atomic E-state index is 0.0538. The van der Waals surface area contributed by atoms with Gasteiger partial charge in [0.25, 0.3) is 0 Å². The van der Waals surface area contributed by atoms with Gasteiger partial charge in [-0.2, -0.15) is 0 Å². The average Bonchev–Trinajstić information content (AvgIpc) is 2.86. The fraction of sp³-hybridized carbons (Fsp3) is 0.286. The van der Waals surface area contributed by atoms with Crippen molar-refractivity contribution in [2.45, 2.75) is 26.4 Å². The number of hydrogen-bond acceptors (Lipinski definition) is 4. The maximum absolute atomic E-state index is 11.1. The van der Waals surface area contributed by atoms with Crippen LogP contribution in [0.1, 0.15) is 40.8 Å². The van der Waals surface area contributed by atoms with Gasteiger partial charge in [-0.15, -0.1) is 11.3 Å². The van der Waals surface area contributed by atoms with Gasteiger partial charge >= 0.3 is 5.97 Å². The zero-order valence-electron chi connectivity index (χ0n) is 11.1. The van der Waals surface area contributed by atoms with Crippen molar-refractivity contribution in [3.05, 3.63) is 44.9 Å². The summed E-state index contributed by atoms with van der Waals surface area (Å²) < 4.78 is 5.54. The topological polar surface area (TPSA) is 59.4 Å². The van der Waals surface area contributed by atoms with E-state index in [0.29, 0.717) is 16.7 Å². The summed E-state index contributed by atoms with van der Waals surface area (Å²) >= 11 is 7.29. The highest BCUT2D eigenvalue weighted by Crippen LogP contribution is 2.25. The first kappa shape index (κ1) is 14.8. The summed E-state index contributed by atoms with van der Waals surface area (Å²) in [5, 5.41) is 12.3. The zero-order valence-corrected chi connectivity index (χ0v) is 12.7. The third-order valence-corrected chi connectivity index (χ3v) is 3.76. The molecule has 0 radical (unpaired) electrons. The molecule has 0 saturated carbocycles. The first-order valence-corrected chi connectivity index (χ1v) is 7.33. The molecule has 1 N–H and O–H groups in total. The van der Waals surface area contributed by atoms with Gasteiger partial charge in [-0.25, -0.2) is 9.78 Å². The van der Waals surface area contributed by atoms with Gasteiger partial charge in [0.1, 0.15) is 22.9 Å². The first-order valence-electron chi connectivity index (χ1n) is 6.07. The predicted octanol–water partition coefficient (Wildman–Crippen LogP) is 4.20. The smallest absolute Gasteiger partial charge is 0.339 e. The number of halogens is 1. The van der Waals surface area contributed by atoms with Crippen LogP contribution in [-0.2, 0) is 6.61 Å². The van der Waals surface area contributed by atoms with Crippen LogP contribution >= 0.6 is 22.9 Å². The van der Waals surface area contributed by atoms with Crippen LogP contribution in [0.5, 0.6) is 5.75 Å². The van der Waals surface area contributed by atoms with E-state index in [1.807, 2.05) is 5.38 Å². The van der Waals surface area contributed by atoms with Gasteiger partial charge < -0.3 is 9.84 Å². The molecule has 1 aromatic carbocycles. The van der Waals surface area contributed by atoms with Crippen molar-refractivity contribution in [2.75, 3.05) is 0 Å². The predicted molar refractivity (Wildman–Crippen MR) is 78.9 cm³/mol. The molecule has 2 aromatic rings. The highest BCUT2D eigenvalue weighted by atomic mass is 35.5. The van der Waals surface area contributed by atoms with Crippen LogP contribution in [0.2, 0.25) is 5.02 Å². The molecular weight excluding hydrogens is 298 g/mol. The molecule has 1 aromatic heterocycles. The Hall–Kier alpha value is -1.59. The van der Waals surface area contributed by atoms with Crippen LogP contribution in [0.3, 0.4) is 0 Å². The molecule has 0 aliphatic heterocycles. The molecule has 0 atom stereocenters. The molecule has 0 amide bonds. The first-order chi connectivity index (χ1) is 9.47. The third-order valence-electron chi connectivity index (χ3n) is 2.68. The van der Waals surface area contributed by atoms with Crippen molar-refractivity contribution in [1.29, 1.82) is 0 Å². The Labute approximate surface area is 126 Å². The zero-order chi connectivity index (χ0) is 14.7. The highest BCUT2D eigenvalue weighted by Gasteiger charge is 2.13. The number of aromatic carboxylic acids is 1. The lowest BCUT2D eigenvalue weighted by molar-refractivity contribution is 0.0691. The van der Waals surface area contributed by atoms with E-state index in [2.05, 4.69) is 18.8 Å². The summed E-state index contributed by atoms with van der Waals surface area (Å²) in [6.45, 7) is 4.39. The molecule has 0 aliphatic carbocycles. The lowest BCUT2D eigenvalue weighted by Gasteiger charge is -2.08. The Balaban J connectivity index is 2.12. The standard InChI is InChI=1S/C14H14ClNO3S/c1-8(2)11-7-20-13(16-11)6-19-12-4-3-9(15)5-10(12)14(17)18/h3-5,7-8H,6H2,1-2H3,(H,17,18). The number of rotatable bonds is 5. The van der Waals surface area contributed by atoms with Crippen LogP contribution in [0.4, 0.5) is 0 Å². The molecule has 0 bridgehead atoms. The molecule has 1 heterocycles. The quantitative estimate of drug-likeness (QED) is 0.899. The van der Waals surface area contributed by atoms with E-state index in [9.17, 15) is 4.79 Å². The van der Waals surface area contributed by atoms with E-state index in [4.69, 9.17) is 21.4 Å². The van der Waals surface area contributed by atoms with E-state index >= 15 is 0 Å². The second-order valence-corrected chi connectivity index (χ2v) is 5.93. The van der Waals surface area contributed by atoms with E-state index < -0.39 is 5.97 Å². The Morgan fingerprint density at radius 1 is 1.50 bits per heavy atom. The van der Waals surface area contributed by atoms with Crippen molar-refractivity contribution in [2.24, 2.45) is 0 Å². The molecule has 6 heteroatoms.